The Kier molecular flexibility index (Phi) is 4.11. The zero-order chi connectivity index (χ0) is 13.9. The van der Waals surface area contributed by atoms with Crippen LogP contribution in [0.1, 0.15) is 10.4 Å². The number of nitrogens with one attached hydrogen (secondary N) is 2. The summed E-state index contributed by atoms with van der Waals surface area (Å²) in [4.78, 5) is 31.4. The lowest BCUT2D eigenvalue weighted by atomic mass is 10.1. The third-order valence-electron chi connectivity index (χ3n) is 2.12. The molecule has 0 fully saturated rings. The molecule has 0 aromatic heterocycles. The molecule has 1 atom stereocenters. The second-order valence-corrected chi connectivity index (χ2v) is 3.42. The second kappa shape index (κ2) is 5.37. The van der Waals surface area contributed by atoms with Gasteiger partial charge in [-0.05, 0) is 9.39 Å². The average Bonchev–Trinajstić information content (AvgIpc) is 2.35. The van der Waals surface area contributed by atoms with Gasteiger partial charge < -0.3 is 10.4 Å². The van der Waals surface area contributed by atoms with E-state index in [0.29, 0.717) is 0 Å². The van der Waals surface area contributed by atoms with Gasteiger partial charge in [-0.25, -0.2) is 0 Å². The Morgan fingerprint density at radius 2 is 1.67 bits per heavy atom. The van der Waals surface area contributed by atoms with Crippen LogP contribution in [0.5, 0.6) is 0 Å². The monoisotopic (exact) mass is 272 g/mol. The summed E-state index contributed by atoms with van der Waals surface area (Å²) < 4.78 is 0. The first kappa shape index (κ1) is 13.8. The predicted octanol–water partition coefficient (Wildman–Crippen LogP) is 1.06. The molecule has 9 nitrogen and oxygen atoms in total. The summed E-state index contributed by atoms with van der Waals surface area (Å²) in [5, 5.41) is 26.2. The molecule has 0 aliphatic heterocycles. The number of carbonyl (C=O) groups is 1. The minimum atomic E-state index is -0.800. The molecule has 96 valence electrons. The second-order valence-electron chi connectivity index (χ2n) is 3.13. The number of hydrogen-bond acceptors (Lipinski definition) is 6. The molecule has 0 saturated heterocycles. The van der Waals surface area contributed by atoms with Crippen molar-refractivity contribution < 1.29 is 14.6 Å². The van der Waals surface area contributed by atoms with Crippen LogP contribution in [-0.4, -0.2) is 22.8 Å². The third-order valence-corrected chi connectivity index (χ3v) is 2.41. The highest BCUT2D eigenvalue weighted by molar-refractivity contribution is 7.18. The number of carbonyl (C=O) groups excluding carboxylic acids is 1. The van der Waals surface area contributed by atoms with Crippen molar-refractivity contribution in [3.63, 3.8) is 0 Å². The van der Waals surface area contributed by atoms with Crippen molar-refractivity contribution in [2.45, 2.75) is 0 Å². The van der Waals surface area contributed by atoms with Crippen LogP contribution in [0.25, 0.3) is 0 Å². The first-order valence-electron chi connectivity index (χ1n) is 4.58. The van der Waals surface area contributed by atoms with Crippen LogP contribution >= 0.6 is 9.39 Å². The summed E-state index contributed by atoms with van der Waals surface area (Å²) in [5.74, 6) is -0.642. The maximum atomic E-state index is 11.4. The Hall–Kier alpha value is -2.28. The molecule has 0 bridgehead atoms. The number of nitrogens with zero attached hydrogens (tertiary/aromatic N) is 2. The van der Waals surface area contributed by atoms with E-state index in [-0.39, 0.29) is 11.3 Å². The number of benzene rings is 1. The number of anilines is 1. The van der Waals surface area contributed by atoms with Gasteiger partial charge in [0, 0.05) is 19.2 Å². The molecule has 0 aliphatic carbocycles. The Bertz CT molecular complexity index is 497. The van der Waals surface area contributed by atoms with Gasteiger partial charge in [-0.1, -0.05) is 0 Å². The highest BCUT2D eigenvalue weighted by atomic mass is 31.0. The molecule has 10 heteroatoms. The van der Waals surface area contributed by atoms with E-state index in [1.807, 2.05) is 9.39 Å². The Balaban J connectivity index is 3.58. The summed E-state index contributed by atoms with van der Waals surface area (Å²) in [6.45, 7) is 0. The van der Waals surface area contributed by atoms with Crippen LogP contribution < -0.4 is 10.4 Å². The number of nitro benzene ring substituents is 2. The van der Waals surface area contributed by atoms with Gasteiger partial charge in [-0.3, -0.25) is 25.0 Å². The molecule has 1 amide bonds. The summed E-state index contributed by atoms with van der Waals surface area (Å²) in [7, 11) is 3.27. The number of nitro groups is 2. The SMILES string of the molecule is CNC(=O)c1cc([N+](=O)[O-])c(NP)c([N+](=O)[O-])c1. The van der Waals surface area contributed by atoms with Gasteiger partial charge in [-0.2, -0.15) is 0 Å². The van der Waals surface area contributed by atoms with Gasteiger partial charge in [0.15, 0.2) is 5.69 Å². The van der Waals surface area contributed by atoms with Crippen LogP contribution in [0.4, 0.5) is 17.1 Å². The van der Waals surface area contributed by atoms with Gasteiger partial charge in [0.1, 0.15) is 0 Å². The van der Waals surface area contributed by atoms with Crippen molar-refractivity contribution in [2.24, 2.45) is 0 Å². The first-order valence-corrected chi connectivity index (χ1v) is 5.15. The zero-order valence-electron chi connectivity index (χ0n) is 9.17. The fourth-order valence-corrected chi connectivity index (χ4v) is 1.62. The molecule has 0 saturated carbocycles. The average molecular weight is 272 g/mol. The van der Waals surface area contributed by atoms with E-state index in [4.69, 9.17) is 0 Å². The summed E-state index contributed by atoms with van der Waals surface area (Å²) >= 11 is 0. The molecule has 18 heavy (non-hydrogen) atoms. The topological polar surface area (TPSA) is 127 Å². The van der Waals surface area contributed by atoms with E-state index < -0.39 is 27.1 Å². The lowest BCUT2D eigenvalue weighted by Crippen LogP contribution is -2.18. The quantitative estimate of drug-likeness (QED) is 0.479. The molecule has 0 radical (unpaired) electrons. The first-order chi connectivity index (χ1) is 8.42. The van der Waals surface area contributed by atoms with Crippen molar-refractivity contribution in [1.82, 2.24) is 5.32 Å². The number of rotatable bonds is 4. The maximum Gasteiger partial charge on any atom is 0.300 e. The normalized spacial score (nSPS) is 9.67. The van der Waals surface area contributed by atoms with E-state index in [2.05, 4.69) is 10.4 Å². The third kappa shape index (κ3) is 2.51. The molecular weight excluding hydrogens is 263 g/mol. The molecule has 1 aromatic rings. The van der Waals surface area contributed by atoms with Crippen molar-refractivity contribution in [3.05, 3.63) is 37.9 Å². The summed E-state index contributed by atoms with van der Waals surface area (Å²) in [6.07, 6.45) is 0. The van der Waals surface area contributed by atoms with E-state index in [0.717, 1.165) is 12.1 Å². The molecule has 0 heterocycles. The standard InChI is InChI=1S/C8H9N4O5P/c1-9-8(13)4-2-5(11(14)15)7(10-18)6(3-4)12(16)17/h2-3,10H,18H2,1H3,(H,9,13). The maximum absolute atomic E-state index is 11.4. The highest BCUT2D eigenvalue weighted by Crippen LogP contribution is 2.36. The van der Waals surface area contributed by atoms with Crippen molar-refractivity contribution in [1.29, 1.82) is 0 Å². The van der Waals surface area contributed by atoms with Crippen LogP contribution in [0.2, 0.25) is 0 Å². The Labute approximate surface area is 103 Å². The smallest absolute Gasteiger partial charge is 0.300 e. The molecular formula is C8H9N4O5P. The van der Waals surface area contributed by atoms with Crippen LogP contribution in [0.15, 0.2) is 12.1 Å². The lowest BCUT2D eigenvalue weighted by molar-refractivity contribution is -0.392. The van der Waals surface area contributed by atoms with Crippen molar-refractivity contribution in [2.75, 3.05) is 12.1 Å². The summed E-state index contributed by atoms with van der Waals surface area (Å²) in [5.41, 5.74) is -1.52. The molecule has 1 unspecified atom stereocenters. The zero-order valence-corrected chi connectivity index (χ0v) is 10.3. The lowest BCUT2D eigenvalue weighted by Gasteiger charge is -2.05. The van der Waals surface area contributed by atoms with Gasteiger partial charge in [0.2, 0.25) is 0 Å². The Morgan fingerprint density at radius 3 is 1.94 bits per heavy atom. The minimum absolute atomic E-state index is 0.153. The van der Waals surface area contributed by atoms with E-state index in [9.17, 15) is 25.0 Å². The molecule has 0 aliphatic rings. The van der Waals surface area contributed by atoms with Crippen LogP contribution in [0, 0.1) is 20.2 Å². The van der Waals surface area contributed by atoms with E-state index >= 15 is 0 Å². The molecule has 1 rings (SSSR count). The van der Waals surface area contributed by atoms with E-state index in [1.165, 1.54) is 7.05 Å². The number of amides is 1. The summed E-state index contributed by atoms with van der Waals surface area (Å²) in [6, 6.07) is 1.94. The number of hydrogen-bond donors (Lipinski definition) is 2. The van der Waals surface area contributed by atoms with Gasteiger partial charge in [0.05, 0.1) is 15.4 Å². The van der Waals surface area contributed by atoms with Gasteiger partial charge in [0.25, 0.3) is 5.91 Å². The van der Waals surface area contributed by atoms with Crippen molar-refractivity contribution in [3.8, 4) is 0 Å². The fourth-order valence-electron chi connectivity index (χ4n) is 1.32. The van der Waals surface area contributed by atoms with Crippen LogP contribution in [-0.2, 0) is 0 Å². The van der Waals surface area contributed by atoms with Gasteiger partial charge in [-0.15, -0.1) is 0 Å². The van der Waals surface area contributed by atoms with E-state index in [1.54, 1.807) is 0 Å². The van der Waals surface area contributed by atoms with Gasteiger partial charge >= 0.3 is 11.4 Å². The highest BCUT2D eigenvalue weighted by Gasteiger charge is 2.27. The van der Waals surface area contributed by atoms with Crippen LogP contribution in [0.3, 0.4) is 0 Å². The van der Waals surface area contributed by atoms with Crippen molar-refractivity contribution >= 4 is 32.4 Å². The fraction of sp³-hybridized carbons (Fsp3) is 0.125. The molecule has 0 spiro atoms. The Morgan fingerprint density at radius 1 is 1.22 bits per heavy atom. The largest absolute Gasteiger partial charge is 0.358 e. The predicted molar refractivity (Wildman–Crippen MR) is 66.5 cm³/mol. The minimum Gasteiger partial charge on any atom is -0.358 e. The molecule has 1 aromatic carbocycles. The molecule has 2 N–H and O–H groups in total.